The van der Waals surface area contributed by atoms with Gasteiger partial charge in [-0.05, 0) is 48.2 Å². The number of sulfonamides is 1. The van der Waals surface area contributed by atoms with Crippen molar-refractivity contribution >= 4 is 15.9 Å². The Bertz CT molecular complexity index is 858. The summed E-state index contributed by atoms with van der Waals surface area (Å²) in [6, 6.07) is 14.2. The molecule has 3 rings (SSSR count). The highest BCUT2D eigenvalue weighted by Crippen LogP contribution is 2.30. The number of benzene rings is 2. The lowest BCUT2D eigenvalue weighted by atomic mass is 10.1. The molecule has 0 heterocycles. The van der Waals surface area contributed by atoms with E-state index in [1.54, 1.807) is 12.1 Å². The summed E-state index contributed by atoms with van der Waals surface area (Å²) < 4.78 is 25.3. The molecule has 1 aliphatic rings. The molecule has 0 spiro atoms. The number of hydrogen-bond donors (Lipinski definition) is 1. The molecule has 0 saturated carbocycles. The van der Waals surface area contributed by atoms with Crippen LogP contribution in [0.25, 0.3) is 0 Å². The molecule has 0 aliphatic heterocycles. The number of hydrogen-bond acceptors (Lipinski definition) is 3. The lowest BCUT2D eigenvalue weighted by Gasteiger charge is -2.15. The lowest BCUT2D eigenvalue weighted by molar-refractivity contribution is 0.0936. The molecular weight excluding hydrogens is 324 g/mol. The topological polar surface area (TPSA) is 66.5 Å². The predicted octanol–water partition coefficient (Wildman–Crippen LogP) is 2.35. The maximum Gasteiger partial charge on any atom is 0.251 e. The zero-order valence-corrected chi connectivity index (χ0v) is 14.5. The quantitative estimate of drug-likeness (QED) is 0.926. The van der Waals surface area contributed by atoms with Gasteiger partial charge in [0, 0.05) is 19.7 Å². The van der Waals surface area contributed by atoms with Gasteiger partial charge in [0.25, 0.3) is 5.91 Å². The smallest absolute Gasteiger partial charge is 0.251 e. The molecule has 0 aromatic heterocycles. The van der Waals surface area contributed by atoms with Crippen LogP contribution in [0, 0.1) is 0 Å². The summed E-state index contributed by atoms with van der Waals surface area (Å²) in [7, 11) is -0.521. The zero-order valence-electron chi connectivity index (χ0n) is 13.7. The SMILES string of the molecule is CN(C)S(=O)(=O)c1ccc(C(=O)N[C@@H]2CCc3ccccc32)cc1. The number of rotatable bonds is 4. The number of fused-ring (bicyclic) bond motifs is 1. The van der Waals surface area contributed by atoms with Crippen LogP contribution in [0.15, 0.2) is 53.4 Å². The third-order valence-corrected chi connectivity index (χ3v) is 6.16. The molecule has 0 saturated heterocycles. The molecule has 24 heavy (non-hydrogen) atoms. The summed E-state index contributed by atoms with van der Waals surface area (Å²) in [6.45, 7) is 0. The first kappa shape index (κ1) is 16.7. The fourth-order valence-electron chi connectivity index (χ4n) is 2.94. The van der Waals surface area contributed by atoms with E-state index in [1.807, 2.05) is 18.2 Å². The van der Waals surface area contributed by atoms with Crippen molar-refractivity contribution in [3.63, 3.8) is 0 Å². The van der Waals surface area contributed by atoms with Crippen molar-refractivity contribution in [2.24, 2.45) is 0 Å². The summed E-state index contributed by atoms with van der Waals surface area (Å²) in [5.41, 5.74) is 2.89. The van der Waals surface area contributed by atoms with Crippen LogP contribution in [0.1, 0.15) is 33.9 Å². The Morgan fingerprint density at radius 1 is 1.08 bits per heavy atom. The van der Waals surface area contributed by atoms with E-state index in [0.29, 0.717) is 5.56 Å². The molecule has 5 nitrogen and oxygen atoms in total. The molecule has 1 amide bonds. The van der Waals surface area contributed by atoms with Crippen LogP contribution in [-0.2, 0) is 16.4 Å². The van der Waals surface area contributed by atoms with Crippen molar-refractivity contribution in [2.75, 3.05) is 14.1 Å². The molecule has 0 unspecified atom stereocenters. The highest BCUT2D eigenvalue weighted by molar-refractivity contribution is 7.89. The van der Waals surface area contributed by atoms with E-state index in [0.717, 1.165) is 22.7 Å². The van der Waals surface area contributed by atoms with E-state index in [9.17, 15) is 13.2 Å². The molecule has 1 N–H and O–H groups in total. The van der Waals surface area contributed by atoms with Gasteiger partial charge < -0.3 is 5.32 Å². The minimum Gasteiger partial charge on any atom is -0.345 e. The van der Waals surface area contributed by atoms with Gasteiger partial charge in [-0.15, -0.1) is 0 Å². The molecule has 0 fully saturated rings. The highest BCUT2D eigenvalue weighted by atomic mass is 32.2. The van der Waals surface area contributed by atoms with E-state index in [1.165, 1.54) is 31.8 Å². The zero-order chi connectivity index (χ0) is 17.3. The van der Waals surface area contributed by atoms with Gasteiger partial charge in [0.05, 0.1) is 10.9 Å². The van der Waals surface area contributed by atoms with Crippen LogP contribution in [0.5, 0.6) is 0 Å². The van der Waals surface area contributed by atoms with Crippen LogP contribution in [-0.4, -0.2) is 32.7 Å². The molecule has 0 bridgehead atoms. The summed E-state index contributed by atoms with van der Waals surface area (Å²) in [5.74, 6) is -0.189. The fraction of sp³-hybridized carbons (Fsp3) is 0.278. The number of amides is 1. The van der Waals surface area contributed by atoms with Gasteiger partial charge in [-0.3, -0.25) is 4.79 Å². The second-order valence-corrected chi connectivity index (χ2v) is 8.23. The maximum absolute atomic E-state index is 12.4. The van der Waals surface area contributed by atoms with Gasteiger partial charge in [0.2, 0.25) is 10.0 Å². The van der Waals surface area contributed by atoms with Gasteiger partial charge in [0.1, 0.15) is 0 Å². The van der Waals surface area contributed by atoms with Crippen molar-refractivity contribution in [2.45, 2.75) is 23.8 Å². The minimum absolute atomic E-state index is 0.0129. The number of aryl methyl sites for hydroxylation is 1. The summed E-state index contributed by atoms with van der Waals surface area (Å²) in [5, 5.41) is 3.03. The van der Waals surface area contributed by atoms with E-state index < -0.39 is 10.0 Å². The molecule has 0 radical (unpaired) electrons. The molecule has 6 heteroatoms. The van der Waals surface area contributed by atoms with Crippen molar-refractivity contribution in [3.05, 3.63) is 65.2 Å². The van der Waals surface area contributed by atoms with Crippen LogP contribution in [0.2, 0.25) is 0 Å². The third-order valence-electron chi connectivity index (χ3n) is 4.33. The Labute approximate surface area is 142 Å². The van der Waals surface area contributed by atoms with Crippen molar-refractivity contribution < 1.29 is 13.2 Å². The summed E-state index contributed by atoms with van der Waals surface area (Å²) in [6.07, 6.45) is 1.85. The van der Waals surface area contributed by atoms with Crippen molar-refractivity contribution in [1.82, 2.24) is 9.62 Å². The van der Waals surface area contributed by atoms with Gasteiger partial charge in [-0.25, -0.2) is 12.7 Å². The normalized spacial score (nSPS) is 16.9. The Kier molecular flexibility index (Phi) is 4.43. The second kappa shape index (κ2) is 6.37. The summed E-state index contributed by atoms with van der Waals surface area (Å²) >= 11 is 0. The Hall–Kier alpha value is -2.18. The van der Waals surface area contributed by atoms with E-state index >= 15 is 0 Å². The van der Waals surface area contributed by atoms with Crippen LogP contribution in [0.4, 0.5) is 0 Å². The van der Waals surface area contributed by atoms with Crippen molar-refractivity contribution in [1.29, 1.82) is 0 Å². The average Bonchev–Trinajstić information content (AvgIpc) is 2.98. The van der Waals surface area contributed by atoms with Gasteiger partial charge in [0.15, 0.2) is 0 Å². The van der Waals surface area contributed by atoms with Crippen LogP contribution >= 0.6 is 0 Å². The van der Waals surface area contributed by atoms with Gasteiger partial charge in [-0.1, -0.05) is 24.3 Å². The fourth-order valence-corrected chi connectivity index (χ4v) is 3.84. The first-order valence-corrected chi connectivity index (χ1v) is 9.25. The maximum atomic E-state index is 12.4. The van der Waals surface area contributed by atoms with Crippen LogP contribution < -0.4 is 5.32 Å². The standard InChI is InChI=1S/C18H20N2O3S/c1-20(2)24(22,23)15-10-7-14(8-11-15)18(21)19-17-12-9-13-5-3-4-6-16(13)17/h3-8,10-11,17H,9,12H2,1-2H3,(H,19,21)/t17-/m1/s1. The molecule has 126 valence electrons. The number of nitrogens with zero attached hydrogens (tertiary/aromatic N) is 1. The first-order chi connectivity index (χ1) is 11.4. The van der Waals surface area contributed by atoms with E-state index in [2.05, 4.69) is 11.4 Å². The number of carbonyl (C=O) groups is 1. The molecule has 2 aromatic rings. The Morgan fingerprint density at radius 2 is 1.75 bits per heavy atom. The Balaban J connectivity index is 1.75. The lowest BCUT2D eigenvalue weighted by Crippen LogP contribution is -2.27. The average molecular weight is 344 g/mol. The largest absolute Gasteiger partial charge is 0.345 e. The predicted molar refractivity (Wildman–Crippen MR) is 92.3 cm³/mol. The monoisotopic (exact) mass is 344 g/mol. The molecular formula is C18H20N2O3S. The Morgan fingerprint density at radius 3 is 2.42 bits per heavy atom. The molecule has 1 aliphatic carbocycles. The van der Waals surface area contributed by atoms with Gasteiger partial charge >= 0.3 is 0 Å². The third kappa shape index (κ3) is 3.07. The van der Waals surface area contributed by atoms with Crippen LogP contribution in [0.3, 0.4) is 0 Å². The van der Waals surface area contributed by atoms with E-state index in [-0.39, 0.29) is 16.8 Å². The summed E-state index contributed by atoms with van der Waals surface area (Å²) in [4.78, 5) is 12.6. The molecule has 2 aromatic carbocycles. The number of nitrogens with one attached hydrogen (secondary N) is 1. The minimum atomic E-state index is -3.48. The highest BCUT2D eigenvalue weighted by Gasteiger charge is 2.24. The first-order valence-electron chi connectivity index (χ1n) is 7.81. The van der Waals surface area contributed by atoms with Gasteiger partial charge in [-0.2, -0.15) is 0 Å². The second-order valence-electron chi connectivity index (χ2n) is 6.08. The number of carbonyl (C=O) groups excluding carboxylic acids is 1. The van der Waals surface area contributed by atoms with E-state index in [4.69, 9.17) is 0 Å². The molecule has 1 atom stereocenters. The van der Waals surface area contributed by atoms with Crippen molar-refractivity contribution in [3.8, 4) is 0 Å².